The second kappa shape index (κ2) is 5.75. The lowest BCUT2D eigenvalue weighted by Crippen LogP contribution is -1.99. The molecule has 20 heavy (non-hydrogen) atoms. The second-order valence-corrected chi connectivity index (χ2v) is 6.31. The van der Waals surface area contributed by atoms with E-state index in [0.29, 0.717) is 11.8 Å². The lowest BCUT2D eigenvalue weighted by molar-refractivity contribution is 0.790. The Hall–Kier alpha value is -1.69. The summed E-state index contributed by atoms with van der Waals surface area (Å²) in [4.78, 5) is 0. The summed E-state index contributed by atoms with van der Waals surface area (Å²) in [7, 11) is 0. The fourth-order valence-electron chi connectivity index (χ4n) is 2.73. The molecule has 0 aromatic heterocycles. The van der Waals surface area contributed by atoms with E-state index in [1.165, 1.54) is 27.8 Å². The first-order valence-electron chi connectivity index (χ1n) is 7.47. The van der Waals surface area contributed by atoms with Crippen LogP contribution in [-0.2, 0) is 0 Å². The Morgan fingerprint density at radius 2 is 1.45 bits per heavy atom. The highest BCUT2D eigenvalue weighted by Crippen LogP contribution is 2.32. The van der Waals surface area contributed by atoms with E-state index in [4.69, 9.17) is 0 Å². The molecule has 0 heterocycles. The van der Waals surface area contributed by atoms with Crippen LogP contribution < -0.4 is 0 Å². The van der Waals surface area contributed by atoms with Gasteiger partial charge in [-0.15, -0.1) is 17.7 Å². The fraction of sp³-hybridized carbons (Fsp3) is 0.350. The molecule has 0 aliphatic carbocycles. The van der Waals surface area contributed by atoms with Gasteiger partial charge >= 0.3 is 0 Å². The van der Waals surface area contributed by atoms with Gasteiger partial charge < -0.3 is 0 Å². The van der Waals surface area contributed by atoms with Crippen LogP contribution in [0.5, 0.6) is 0 Å². The number of rotatable bonds is 3. The van der Waals surface area contributed by atoms with Gasteiger partial charge in [0.05, 0.1) is 0 Å². The molecule has 0 spiro atoms. The van der Waals surface area contributed by atoms with Crippen LogP contribution in [0.25, 0.3) is 11.1 Å². The summed E-state index contributed by atoms with van der Waals surface area (Å²) >= 11 is 0. The first-order chi connectivity index (χ1) is 9.40. The summed E-state index contributed by atoms with van der Waals surface area (Å²) in [6.45, 7) is 15.4. The van der Waals surface area contributed by atoms with Crippen molar-refractivity contribution in [2.45, 2.75) is 46.5 Å². The molecular weight excluding hydrogens is 240 g/mol. The molecule has 0 saturated heterocycles. The Bertz CT molecular complexity index is 603. The molecule has 2 aromatic rings. The minimum Gasteiger partial charge on any atom is -0.198 e. The number of hydrogen-bond donors (Lipinski definition) is 0. The molecule has 0 radical (unpaired) electrons. The Kier molecular flexibility index (Phi) is 4.23. The van der Waals surface area contributed by atoms with Gasteiger partial charge in [0, 0.05) is 0 Å². The van der Waals surface area contributed by atoms with Gasteiger partial charge in [-0.2, -0.15) is 18.6 Å². The Morgan fingerprint density at radius 1 is 0.800 bits per heavy atom. The van der Waals surface area contributed by atoms with Gasteiger partial charge in [0.1, 0.15) is 0 Å². The predicted octanol–water partition coefficient (Wildman–Crippen LogP) is 6.09. The predicted molar refractivity (Wildman–Crippen MR) is 89.3 cm³/mol. The summed E-state index contributed by atoms with van der Waals surface area (Å²) in [5.74, 6) is 1.11. The maximum absolute atomic E-state index is 4.17. The van der Waals surface area contributed by atoms with Crippen molar-refractivity contribution < 1.29 is 0 Å². The van der Waals surface area contributed by atoms with Crippen LogP contribution in [0.1, 0.15) is 61.8 Å². The molecule has 106 valence electrons. The Balaban J connectivity index is 2.59. The van der Waals surface area contributed by atoms with Crippen molar-refractivity contribution in [3.05, 3.63) is 65.6 Å². The average molecular weight is 265 g/mol. The van der Waals surface area contributed by atoms with Gasteiger partial charge in [-0.1, -0.05) is 57.0 Å². The van der Waals surface area contributed by atoms with Crippen LogP contribution >= 0.6 is 0 Å². The van der Waals surface area contributed by atoms with Gasteiger partial charge in [-0.25, -0.2) is 0 Å². The van der Waals surface area contributed by atoms with E-state index in [9.17, 15) is 0 Å². The topological polar surface area (TPSA) is 0 Å². The third kappa shape index (κ3) is 2.90. The van der Waals surface area contributed by atoms with Crippen molar-refractivity contribution in [3.63, 3.8) is 0 Å². The zero-order valence-electron chi connectivity index (χ0n) is 13.3. The number of hydrogen-bond acceptors (Lipinski definition) is 0. The van der Waals surface area contributed by atoms with Gasteiger partial charge in [0.2, 0.25) is 0 Å². The third-order valence-electron chi connectivity index (χ3n) is 3.91. The zero-order valence-corrected chi connectivity index (χ0v) is 13.3. The van der Waals surface area contributed by atoms with Crippen molar-refractivity contribution in [2.24, 2.45) is 0 Å². The highest BCUT2D eigenvalue weighted by atomic mass is 14.2. The summed E-state index contributed by atoms with van der Waals surface area (Å²) in [6.07, 6.45) is 0. The quantitative estimate of drug-likeness (QED) is 0.589. The molecule has 0 N–H and O–H groups in total. The van der Waals surface area contributed by atoms with Crippen molar-refractivity contribution in [1.29, 1.82) is 0 Å². The zero-order chi connectivity index (χ0) is 14.9. The van der Waals surface area contributed by atoms with Crippen LogP contribution in [0, 0.1) is 13.8 Å². The molecule has 0 nitrogen and oxygen atoms in total. The van der Waals surface area contributed by atoms with E-state index >= 15 is 0 Å². The van der Waals surface area contributed by atoms with E-state index < -0.39 is 0 Å². The molecule has 2 aromatic carbocycles. The largest absolute Gasteiger partial charge is 0.198 e. The van der Waals surface area contributed by atoms with Gasteiger partial charge in [-0.3, -0.25) is 0 Å². The van der Waals surface area contributed by atoms with Crippen molar-refractivity contribution >= 4 is 0 Å². The summed E-state index contributed by atoms with van der Waals surface area (Å²) in [6, 6.07) is 13.3. The normalized spacial score (nSPS) is 11.3. The second-order valence-electron chi connectivity index (χ2n) is 6.31. The molecule has 0 amide bonds. The molecule has 0 unspecified atom stereocenters. The number of aryl methyl sites for hydroxylation is 1. The van der Waals surface area contributed by atoms with Crippen molar-refractivity contribution in [1.82, 2.24) is 0 Å². The van der Waals surface area contributed by atoms with Gasteiger partial charge in [-0.05, 0) is 29.9 Å². The third-order valence-corrected chi connectivity index (χ3v) is 3.91. The van der Waals surface area contributed by atoms with E-state index in [1.54, 1.807) is 0 Å². The molecular formula is C20H25-. The van der Waals surface area contributed by atoms with Crippen LogP contribution in [-0.4, -0.2) is 0 Å². The first-order valence-corrected chi connectivity index (χ1v) is 7.47. The highest BCUT2D eigenvalue weighted by Gasteiger charge is 2.10. The maximum atomic E-state index is 4.17. The minimum atomic E-state index is 0.547. The molecule has 0 aliphatic heterocycles. The van der Waals surface area contributed by atoms with Crippen LogP contribution in [0.4, 0.5) is 0 Å². The molecule has 0 aliphatic rings. The van der Waals surface area contributed by atoms with E-state index in [-0.39, 0.29) is 0 Å². The van der Waals surface area contributed by atoms with Gasteiger partial charge in [0.15, 0.2) is 0 Å². The van der Waals surface area contributed by atoms with E-state index in [2.05, 4.69) is 77.9 Å². The number of benzene rings is 2. The van der Waals surface area contributed by atoms with Crippen molar-refractivity contribution in [2.75, 3.05) is 0 Å². The Morgan fingerprint density at radius 3 is 2.05 bits per heavy atom. The minimum absolute atomic E-state index is 0.547. The SMILES string of the molecule is [CH2-]c1ccc(C)cc1-c1ccc(C(C)C)c(C(C)C)c1. The van der Waals surface area contributed by atoms with Crippen LogP contribution in [0.3, 0.4) is 0 Å². The Labute approximate surface area is 123 Å². The summed E-state index contributed by atoms with van der Waals surface area (Å²) in [5, 5.41) is 0. The molecule has 0 fully saturated rings. The van der Waals surface area contributed by atoms with Crippen molar-refractivity contribution in [3.8, 4) is 11.1 Å². The van der Waals surface area contributed by atoms with Gasteiger partial charge in [0.25, 0.3) is 0 Å². The maximum Gasteiger partial charge on any atom is -0.0216 e. The molecule has 0 saturated carbocycles. The van der Waals surface area contributed by atoms with E-state index in [0.717, 1.165) is 5.56 Å². The smallest absolute Gasteiger partial charge is 0.0216 e. The standard InChI is InChI=1S/C20H25/c1-13(2)18-10-9-17(12-19(18)14(3)4)20-11-15(5)7-8-16(20)6/h7-14H,6H2,1-5H3/q-1. The average Bonchev–Trinajstić information content (AvgIpc) is 2.40. The molecule has 0 bridgehead atoms. The lowest BCUT2D eigenvalue weighted by Gasteiger charge is -2.21. The summed E-state index contributed by atoms with van der Waals surface area (Å²) < 4.78 is 0. The highest BCUT2D eigenvalue weighted by molar-refractivity contribution is 5.70. The summed E-state index contributed by atoms with van der Waals surface area (Å²) in [5.41, 5.74) is 7.84. The van der Waals surface area contributed by atoms with Crippen LogP contribution in [0.15, 0.2) is 36.4 Å². The fourth-order valence-corrected chi connectivity index (χ4v) is 2.73. The van der Waals surface area contributed by atoms with Crippen LogP contribution in [0.2, 0.25) is 0 Å². The first kappa shape index (κ1) is 14.7. The van der Waals surface area contributed by atoms with E-state index in [1.807, 2.05) is 0 Å². The lowest BCUT2D eigenvalue weighted by atomic mass is 9.87. The molecule has 2 rings (SSSR count). The molecule has 0 atom stereocenters. The molecule has 0 heteroatoms. The monoisotopic (exact) mass is 265 g/mol.